The quantitative estimate of drug-likeness (QED) is 0.816. The molecule has 0 aromatic heterocycles. The van der Waals surface area contributed by atoms with Crippen molar-refractivity contribution in [1.82, 2.24) is 0 Å². The van der Waals surface area contributed by atoms with Gasteiger partial charge in [0.15, 0.2) is 9.84 Å². The number of benzene rings is 1. The zero-order valence-corrected chi connectivity index (χ0v) is 10.0. The lowest BCUT2D eigenvalue weighted by atomic mass is 10.3. The van der Waals surface area contributed by atoms with Gasteiger partial charge in [-0.15, -0.1) is 11.8 Å². The number of sulfone groups is 1. The van der Waals surface area contributed by atoms with Crippen LogP contribution in [-0.2, 0) is 9.84 Å². The number of rotatable bonds is 2. The molecular weight excluding hydrogens is 248 g/mol. The highest BCUT2D eigenvalue weighted by molar-refractivity contribution is 8.02. The van der Waals surface area contributed by atoms with E-state index >= 15 is 0 Å². The standard InChI is InChI=1S/C10H12O4S2/c11-7-1-3-8(4-2-7)15-10-6-16(13,14)5-9(10)12/h1-4,9-12H,5-6H2. The molecule has 2 atom stereocenters. The summed E-state index contributed by atoms with van der Waals surface area (Å²) in [6.45, 7) is 0. The Bertz CT molecular complexity index is 466. The van der Waals surface area contributed by atoms with Crippen LogP contribution in [0.2, 0.25) is 0 Å². The molecule has 88 valence electrons. The Morgan fingerprint density at radius 2 is 1.81 bits per heavy atom. The summed E-state index contributed by atoms with van der Waals surface area (Å²) in [5.74, 6) is 0.0339. The third-order valence-electron chi connectivity index (χ3n) is 2.40. The van der Waals surface area contributed by atoms with E-state index in [0.717, 1.165) is 4.90 Å². The van der Waals surface area contributed by atoms with Crippen LogP contribution in [0.3, 0.4) is 0 Å². The molecule has 1 aromatic rings. The van der Waals surface area contributed by atoms with Crippen LogP contribution in [0, 0.1) is 0 Å². The van der Waals surface area contributed by atoms with Crippen LogP contribution in [0.15, 0.2) is 29.2 Å². The number of phenols is 1. The van der Waals surface area contributed by atoms with Gasteiger partial charge in [-0.2, -0.15) is 0 Å². The van der Waals surface area contributed by atoms with Crippen molar-refractivity contribution in [1.29, 1.82) is 0 Å². The summed E-state index contributed by atoms with van der Waals surface area (Å²) in [6.07, 6.45) is -0.802. The Balaban J connectivity index is 2.08. The van der Waals surface area contributed by atoms with Gasteiger partial charge < -0.3 is 10.2 Å². The van der Waals surface area contributed by atoms with Gasteiger partial charge in [-0.25, -0.2) is 8.42 Å². The highest BCUT2D eigenvalue weighted by Crippen LogP contribution is 2.31. The molecule has 0 radical (unpaired) electrons. The van der Waals surface area contributed by atoms with E-state index in [1.807, 2.05) is 0 Å². The van der Waals surface area contributed by atoms with Crippen molar-refractivity contribution in [3.05, 3.63) is 24.3 Å². The van der Waals surface area contributed by atoms with Crippen LogP contribution in [0.4, 0.5) is 0 Å². The van der Waals surface area contributed by atoms with Gasteiger partial charge >= 0.3 is 0 Å². The minimum Gasteiger partial charge on any atom is -0.508 e. The number of aliphatic hydroxyl groups is 1. The summed E-state index contributed by atoms with van der Waals surface area (Å²) in [7, 11) is -3.09. The van der Waals surface area contributed by atoms with Gasteiger partial charge in [0, 0.05) is 4.90 Å². The molecule has 1 aliphatic rings. The minimum atomic E-state index is -3.09. The average Bonchev–Trinajstić information content (AvgIpc) is 2.44. The predicted molar refractivity (Wildman–Crippen MR) is 62.4 cm³/mol. The zero-order chi connectivity index (χ0) is 11.8. The number of thioether (sulfide) groups is 1. The topological polar surface area (TPSA) is 74.6 Å². The maximum absolute atomic E-state index is 11.3. The van der Waals surface area contributed by atoms with E-state index in [1.165, 1.54) is 23.9 Å². The van der Waals surface area contributed by atoms with E-state index in [-0.39, 0.29) is 22.5 Å². The van der Waals surface area contributed by atoms with Gasteiger partial charge in [-0.1, -0.05) is 0 Å². The molecule has 4 nitrogen and oxygen atoms in total. The molecule has 0 spiro atoms. The van der Waals surface area contributed by atoms with Crippen molar-refractivity contribution in [2.24, 2.45) is 0 Å². The molecule has 2 N–H and O–H groups in total. The number of phenolic OH excluding ortho intramolecular Hbond substituents is 1. The first kappa shape index (κ1) is 11.8. The van der Waals surface area contributed by atoms with Gasteiger partial charge in [0.25, 0.3) is 0 Å². The first-order chi connectivity index (χ1) is 7.46. The van der Waals surface area contributed by atoms with Crippen LogP contribution < -0.4 is 0 Å². The van der Waals surface area contributed by atoms with Crippen molar-refractivity contribution in [2.75, 3.05) is 11.5 Å². The van der Waals surface area contributed by atoms with Crippen molar-refractivity contribution in [3.63, 3.8) is 0 Å². The van der Waals surface area contributed by atoms with Crippen LogP contribution in [0.25, 0.3) is 0 Å². The van der Waals surface area contributed by atoms with E-state index in [4.69, 9.17) is 5.11 Å². The van der Waals surface area contributed by atoms with Gasteiger partial charge in [0.05, 0.1) is 22.9 Å². The number of aliphatic hydroxyl groups excluding tert-OH is 1. The molecule has 1 saturated heterocycles. The van der Waals surface area contributed by atoms with E-state index in [1.54, 1.807) is 12.1 Å². The Labute approximate surface area is 98.2 Å². The summed E-state index contributed by atoms with van der Waals surface area (Å²) < 4.78 is 22.6. The lowest BCUT2D eigenvalue weighted by Crippen LogP contribution is -2.19. The molecule has 2 rings (SSSR count). The number of hydrogen-bond donors (Lipinski definition) is 2. The molecule has 16 heavy (non-hydrogen) atoms. The molecule has 6 heteroatoms. The van der Waals surface area contributed by atoms with Crippen molar-refractivity contribution < 1.29 is 18.6 Å². The van der Waals surface area contributed by atoms with Crippen LogP contribution in [0.5, 0.6) is 5.75 Å². The fraction of sp³-hybridized carbons (Fsp3) is 0.400. The van der Waals surface area contributed by atoms with Crippen molar-refractivity contribution >= 4 is 21.6 Å². The molecule has 1 fully saturated rings. The van der Waals surface area contributed by atoms with E-state index < -0.39 is 15.9 Å². The maximum Gasteiger partial charge on any atom is 0.154 e. The van der Waals surface area contributed by atoms with E-state index in [9.17, 15) is 13.5 Å². The second kappa shape index (κ2) is 4.27. The Hall–Kier alpha value is -0.720. The summed E-state index contributed by atoms with van der Waals surface area (Å²) in [5, 5.41) is 18.4. The van der Waals surface area contributed by atoms with Crippen LogP contribution in [-0.4, -0.2) is 41.5 Å². The van der Waals surface area contributed by atoms with Crippen LogP contribution >= 0.6 is 11.8 Å². The van der Waals surface area contributed by atoms with Gasteiger partial charge in [0.2, 0.25) is 0 Å². The first-order valence-electron chi connectivity index (χ1n) is 4.80. The summed E-state index contributed by atoms with van der Waals surface area (Å²) in [6, 6.07) is 6.49. The molecular formula is C10H12O4S2. The Morgan fingerprint density at radius 1 is 1.19 bits per heavy atom. The van der Waals surface area contributed by atoms with Gasteiger partial charge in [-0.3, -0.25) is 0 Å². The van der Waals surface area contributed by atoms with Crippen LogP contribution in [0.1, 0.15) is 0 Å². The summed E-state index contributed by atoms with van der Waals surface area (Å²) in [4.78, 5) is 0.846. The molecule has 1 aliphatic heterocycles. The van der Waals surface area contributed by atoms with E-state index in [0.29, 0.717) is 0 Å². The highest BCUT2D eigenvalue weighted by atomic mass is 32.2. The van der Waals surface area contributed by atoms with Gasteiger partial charge in [-0.05, 0) is 24.3 Å². The molecule has 1 heterocycles. The smallest absolute Gasteiger partial charge is 0.154 e. The SMILES string of the molecule is O=S1(=O)CC(O)C(Sc2ccc(O)cc2)C1. The maximum atomic E-state index is 11.3. The third kappa shape index (κ3) is 2.69. The molecule has 0 aliphatic carbocycles. The fourth-order valence-electron chi connectivity index (χ4n) is 1.61. The van der Waals surface area contributed by atoms with Crippen molar-refractivity contribution in [2.45, 2.75) is 16.2 Å². The molecule has 2 unspecified atom stereocenters. The zero-order valence-electron chi connectivity index (χ0n) is 8.41. The lowest BCUT2D eigenvalue weighted by Gasteiger charge is -2.11. The number of hydrogen-bond acceptors (Lipinski definition) is 5. The van der Waals surface area contributed by atoms with Gasteiger partial charge in [0.1, 0.15) is 5.75 Å². The highest BCUT2D eigenvalue weighted by Gasteiger charge is 2.36. The monoisotopic (exact) mass is 260 g/mol. The summed E-state index contributed by atoms with van der Waals surface area (Å²) in [5.41, 5.74) is 0. The second-order valence-corrected chi connectivity index (χ2v) is 7.26. The van der Waals surface area contributed by atoms with Crippen molar-refractivity contribution in [3.8, 4) is 5.75 Å². The molecule has 1 aromatic carbocycles. The molecule has 0 bridgehead atoms. The Morgan fingerprint density at radius 3 is 2.31 bits per heavy atom. The Kier molecular flexibility index (Phi) is 3.14. The average molecular weight is 260 g/mol. The van der Waals surface area contributed by atoms with E-state index in [2.05, 4.69) is 0 Å². The fourth-order valence-corrected chi connectivity index (χ4v) is 5.13. The lowest BCUT2D eigenvalue weighted by molar-refractivity contribution is 0.207. The normalized spacial score (nSPS) is 28.1. The molecule has 0 saturated carbocycles. The predicted octanol–water partition coefficient (Wildman–Crippen LogP) is 0.642. The minimum absolute atomic E-state index is 0.0136. The molecule has 0 amide bonds. The third-order valence-corrected chi connectivity index (χ3v) is 5.65. The largest absolute Gasteiger partial charge is 0.508 e. The summed E-state index contributed by atoms with van der Waals surface area (Å²) >= 11 is 1.33. The number of aromatic hydroxyl groups is 1. The second-order valence-electron chi connectivity index (χ2n) is 3.79. The first-order valence-corrected chi connectivity index (χ1v) is 7.50.